The fraction of sp³-hybridized carbons (Fsp3) is 0.368. The first-order valence-electron chi connectivity index (χ1n) is 8.53. The predicted molar refractivity (Wildman–Crippen MR) is 94.5 cm³/mol. The van der Waals surface area contributed by atoms with Gasteiger partial charge in [0.1, 0.15) is 13.2 Å². The third kappa shape index (κ3) is 2.89. The van der Waals surface area contributed by atoms with Gasteiger partial charge in [0, 0.05) is 19.2 Å². The monoisotopic (exact) mass is 359 g/mol. The van der Waals surface area contributed by atoms with Gasteiger partial charge in [0.25, 0.3) is 0 Å². The summed E-state index contributed by atoms with van der Waals surface area (Å²) in [6.07, 6.45) is 2.82. The molecule has 0 bridgehead atoms. The van der Waals surface area contributed by atoms with Crippen molar-refractivity contribution < 1.29 is 17.9 Å². The van der Waals surface area contributed by atoms with Gasteiger partial charge in [0.15, 0.2) is 11.5 Å². The maximum atomic E-state index is 13.2. The Morgan fingerprint density at radius 2 is 1.80 bits per heavy atom. The number of ether oxygens (including phenoxy) is 2. The molecule has 2 aromatic rings. The van der Waals surface area contributed by atoms with Gasteiger partial charge in [-0.15, -0.1) is 0 Å². The van der Waals surface area contributed by atoms with Crippen molar-refractivity contribution in [3.05, 3.63) is 53.6 Å². The quantitative estimate of drug-likeness (QED) is 0.845. The van der Waals surface area contributed by atoms with E-state index in [2.05, 4.69) is 6.07 Å². The van der Waals surface area contributed by atoms with E-state index in [1.807, 2.05) is 18.2 Å². The summed E-state index contributed by atoms with van der Waals surface area (Å²) < 4.78 is 38.8. The minimum absolute atomic E-state index is 0.136. The van der Waals surface area contributed by atoms with E-state index in [9.17, 15) is 8.42 Å². The van der Waals surface area contributed by atoms with E-state index in [0.717, 1.165) is 24.8 Å². The lowest BCUT2D eigenvalue weighted by Crippen LogP contribution is -2.33. The summed E-state index contributed by atoms with van der Waals surface area (Å²) in [7, 11) is -1.95. The molecule has 2 aromatic carbocycles. The molecular weight excluding hydrogens is 338 g/mol. The topological polar surface area (TPSA) is 55.8 Å². The zero-order chi connectivity index (χ0) is 17.4. The summed E-state index contributed by atoms with van der Waals surface area (Å²) in [5.41, 5.74) is 2.35. The van der Waals surface area contributed by atoms with Crippen molar-refractivity contribution in [2.75, 3.05) is 20.3 Å². The predicted octanol–water partition coefficient (Wildman–Crippen LogP) is 3.16. The minimum Gasteiger partial charge on any atom is -0.486 e. The van der Waals surface area contributed by atoms with E-state index in [1.54, 1.807) is 25.2 Å². The zero-order valence-corrected chi connectivity index (χ0v) is 15.0. The molecule has 6 heteroatoms. The number of sulfonamides is 1. The van der Waals surface area contributed by atoms with Gasteiger partial charge in [-0.1, -0.05) is 24.3 Å². The smallest absolute Gasteiger partial charge is 0.243 e. The molecule has 5 nitrogen and oxygen atoms in total. The third-order valence-electron chi connectivity index (χ3n) is 4.97. The highest BCUT2D eigenvalue weighted by Gasteiger charge is 2.32. The van der Waals surface area contributed by atoms with Gasteiger partial charge in [-0.3, -0.25) is 0 Å². The molecule has 132 valence electrons. The van der Waals surface area contributed by atoms with Crippen LogP contribution in [0.15, 0.2) is 47.4 Å². The highest BCUT2D eigenvalue weighted by molar-refractivity contribution is 7.89. The van der Waals surface area contributed by atoms with E-state index in [1.165, 1.54) is 9.87 Å². The van der Waals surface area contributed by atoms with Crippen LogP contribution in [0.25, 0.3) is 0 Å². The second kappa shape index (κ2) is 6.35. The van der Waals surface area contributed by atoms with Crippen LogP contribution in [0, 0.1) is 0 Å². The van der Waals surface area contributed by atoms with Crippen LogP contribution in [0.3, 0.4) is 0 Å². The lowest BCUT2D eigenvalue weighted by atomic mass is 9.88. The molecule has 1 aliphatic heterocycles. The van der Waals surface area contributed by atoms with Crippen molar-refractivity contribution in [2.45, 2.75) is 30.2 Å². The first kappa shape index (κ1) is 16.4. The normalized spacial score (nSPS) is 19.5. The van der Waals surface area contributed by atoms with Crippen LogP contribution in [0.5, 0.6) is 11.5 Å². The molecule has 0 saturated carbocycles. The van der Waals surface area contributed by atoms with Crippen LogP contribution in [-0.2, 0) is 16.4 Å². The summed E-state index contributed by atoms with van der Waals surface area (Å²) in [5.74, 6) is 1.08. The summed E-state index contributed by atoms with van der Waals surface area (Å²) in [6.45, 7) is 0.917. The maximum Gasteiger partial charge on any atom is 0.243 e. The van der Waals surface area contributed by atoms with Crippen molar-refractivity contribution in [3.63, 3.8) is 0 Å². The van der Waals surface area contributed by atoms with E-state index >= 15 is 0 Å². The van der Waals surface area contributed by atoms with Crippen LogP contribution < -0.4 is 9.47 Å². The molecule has 0 amide bonds. The standard InChI is InChI=1S/C19H21NO4S/c1-20(17-8-4-6-14-5-2-3-7-16(14)17)25(21,22)15-9-10-18-19(13-15)24-12-11-23-18/h2-3,5,7,9-10,13,17H,4,6,8,11-12H2,1H3/t17-/m1/s1. The molecule has 1 heterocycles. The second-order valence-electron chi connectivity index (χ2n) is 6.43. The Morgan fingerprint density at radius 1 is 1.04 bits per heavy atom. The Bertz CT molecular complexity index is 894. The number of aryl methyl sites for hydroxylation is 1. The van der Waals surface area contributed by atoms with Gasteiger partial charge in [-0.05, 0) is 42.5 Å². The highest BCUT2D eigenvalue weighted by atomic mass is 32.2. The summed E-state index contributed by atoms with van der Waals surface area (Å²) >= 11 is 0. The lowest BCUT2D eigenvalue weighted by molar-refractivity contribution is 0.171. The number of hydrogen-bond donors (Lipinski definition) is 0. The van der Waals surface area contributed by atoms with Gasteiger partial charge in [0.2, 0.25) is 10.0 Å². The third-order valence-corrected chi connectivity index (χ3v) is 6.83. The Balaban J connectivity index is 1.69. The molecule has 4 rings (SSSR count). The van der Waals surface area contributed by atoms with Gasteiger partial charge in [-0.25, -0.2) is 8.42 Å². The van der Waals surface area contributed by atoms with Crippen LogP contribution in [0.1, 0.15) is 30.0 Å². The zero-order valence-electron chi connectivity index (χ0n) is 14.1. The average Bonchev–Trinajstić information content (AvgIpc) is 2.66. The van der Waals surface area contributed by atoms with Crippen molar-refractivity contribution >= 4 is 10.0 Å². The van der Waals surface area contributed by atoms with Crippen molar-refractivity contribution in [1.29, 1.82) is 0 Å². The van der Waals surface area contributed by atoms with Crippen LogP contribution in [-0.4, -0.2) is 33.0 Å². The minimum atomic E-state index is -3.62. The first-order chi connectivity index (χ1) is 12.1. The Hall–Kier alpha value is -2.05. The number of fused-ring (bicyclic) bond motifs is 2. The molecular formula is C19H21NO4S. The molecule has 0 fully saturated rings. The molecule has 0 spiro atoms. The first-order valence-corrected chi connectivity index (χ1v) is 9.97. The van der Waals surface area contributed by atoms with Crippen LogP contribution >= 0.6 is 0 Å². The molecule has 1 aliphatic carbocycles. The fourth-order valence-electron chi connectivity index (χ4n) is 3.62. The Morgan fingerprint density at radius 3 is 2.64 bits per heavy atom. The van der Waals surface area contributed by atoms with E-state index in [0.29, 0.717) is 24.7 Å². The number of rotatable bonds is 3. The molecule has 1 atom stereocenters. The van der Waals surface area contributed by atoms with Crippen molar-refractivity contribution in [2.24, 2.45) is 0 Å². The fourth-order valence-corrected chi connectivity index (χ4v) is 5.01. The number of hydrogen-bond acceptors (Lipinski definition) is 4. The maximum absolute atomic E-state index is 13.2. The Labute approximate surface area is 148 Å². The van der Waals surface area contributed by atoms with Crippen LogP contribution in [0.2, 0.25) is 0 Å². The molecule has 0 N–H and O–H groups in total. The van der Waals surface area contributed by atoms with E-state index < -0.39 is 10.0 Å². The number of nitrogens with zero attached hydrogens (tertiary/aromatic N) is 1. The lowest BCUT2D eigenvalue weighted by Gasteiger charge is -2.32. The average molecular weight is 359 g/mol. The van der Waals surface area contributed by atoms with Gasteiger partial charge in [0.05, 0.1) is 4.90 Å². The highest BCUT2D eigenvalue weighted by Crippen LogP contribution is 2.38. The van der Waals surface area contributed by atoms with Gasteiger partial charge in [-0.2, -0.15) is 4.31 Å². The largest absolute Gasteiger partial charge is 0.486 e. The summed E-state index contributed by atoms with van der Waals surface area (Å²) in [4.78, 5) is 0.238. The molecule has 0 saturated heterocycles. The van der Waals surface area contributed by atoms with E-state index in [4.69, 9.17) is 9.47 Å². The molecule has 0 unspecified atom stereocenters. The van der Waals surface area contributed by atoms with Gasteiger partial charge >= 0.3 is 0 Å². The van der Waals surface area contributed by atoms with Gasteiger partial charge < -0.3 is 9.47 Å². The summed E-state index contributed by atoms with van der Waals surface area (Å²) in [6, 6.07) is 12.8. The Kier molecular flexibility index (Phi) is 4.17. The molecule has 2 aliphatic rings. The molecule has 25 heavy (non-hydrogen) atoms. The molecule has 0 radical (unpaired) electrons. The van der Waals surface area contributed by atoms with E-state index in [-0.39, 0.29) is 10.9 Å². The summed E-state index contributed by atoms with van der Waals surface area (Å²) in [5, 5.41) is 0. The van der Waals surface area contributed by atoms with Crippen molar-refractivity contribution in [1.82, 2.24) is 4.31 Å². The second-order valence-corrected chi connectivity index (χ2v) is 8.43. The molecule has 0 aromatic heterocycles. The van der Waals surface area contributed by atoms with Crippen molar-refractivity contribution in [3.8, 4) is 11.5 Å². The van der Waals surface area contributed by atoms with Crippen LogP contribution in [0.4, 0.5) is 0 Å². The SMILES string of the molecule is CN([C@@H]1CCCc2ccccc21)S(=O)(=O)c1ccc2c(c1)OCCO2. The number of benzene rings is 2.